The van der Waals surface area contributed by atoms with Crippen LogP contribution in [0.5, 0.6) is 0 Å². The van der Waals surface area contributed by atoms with Crippen molar-refractivity contribution in [1.82, 2.24) is 30.0 Å². The van der Waals surface area contributed by atoms with Crippen molar-refractivity contribution in [2.45, 2.75) is 6.92 Å². The van der Waals surface area contributed by atoms with Crippen molar-refractivity contribution in [2.75, 3.05) is 19.4 Å². The molecule has 0 radical (unpaired) electrons. The lowest BCUT2D eigenvalue weighted by Gasteiger charge is -2.02. The molecule has 0 saturated carbocycles. The largest absolute Gasteiger partial charge is 0.372 e. The van der Waals surface area contributed by atoms with Gasteiger partial charge < -0.3 is 15.6 Å². The van der Waals surface area contributed by atoms with Gasteiger partial charge in [-0.05, 0) is 24.6 Å². The van der Waals surface area contributed by atoms with Crippen LogP contribution in [0.4, 0.5) is 5.82 Å². The number of hydrogen-bond donors (Lipinski definition) is 3. The number of hydrogen-bond acceptors (Lipinski definition) is 5. The maximum atomic E-state index is 11.9. The molecule has 0 fully saturated rings. The van der Waals surface area contributed by atoms with Gasteiger partial charge in [-0.3, -0.25) is 4.79 Å². The highest BCUT2D eigenvalue weighted by atomic mass is 16.1. The fourth-order valence-electron chi connectivity index (χ4n) is 3.31. The smallest absolute Gasteiger partial charge is 0.251 e. The lowest BCUT2D eigenvalue weighted by atomic mass is 10.1. The van der Waals surface area contributed by atoms with E-state index in [1.807, 2.05) is 39.2 Å². The molecule has 0 aliphatic rings. The van der Waals surface area contributed by atoms with Gasteiger partial charge >= 0.3 is 0 Å². The van der Waals surface area contributed by atoms with Gasteiger partial charge in [-0.2, -0.15) is 5.10 Å². The molecule has 4 aromatic rings. The predicted octanol–water partition coefficient (Wildman–Crippen LogP) is 2.22. The first-order chi connectivity index (χ1) is 12.5. The normalized spacial score (nSPS) is 11.2. The molecule has 0 spiro atoms. The van der Waals surface area contributed by atoms with E-state index >= 15 is 0 Å². The van der Waals surface area contributed by atoms with Crippen molar-refractivity contribution in [3.8, 4) is 11.4 Å². The summed E-state index contributed by atoms with van der Waals surface area (Å²) >= 11 is 0. The second kappa shape index (κ2) is 5.83. The van der Waals surface area contributed by atoms with E-state index in [1.54, 1.807) is 11.7 Å². The van der Waals surface area contributed by atoms with Gasteiger partial charge in [0, 0.05) is 37.6 Å². The summed E-state index contributed by atoms with van der Waals surface area (Å²) in [6.45, 7) is 2.04. The topological polar surface area (TPSA) is 101 Å². The lowest BCUT2D eigenvalue weighted by molar-refractivity contribution is 0.0963. The van der Waals surface area contributed by atoms with Crippen molar-refractivity contribution in [1.29, 1.82) is 0 Å². The summed E-state index contributed by atoms with van der Waals surface area (Å²) in [5.41, 5.74) is 4.99. The number of aromatic nitrogens is 5. The monoisotopic (exact) mass is 349 g/mol. The van der Waals surface area contributed by atoms with Gasteiger partial charge in [0.05, 0.1) is 11.1 Å². The van der Waals surface area contributed by atoms with E-state index in [1.165, 1.54) is 6.33 Å². The van der Waals surface area contributed by atoms with Gasteiger partial charge in [0.1, 0.15) is 17.8 Å². The van der Waals surface area contributed by atoms with Crippen LogP contribution in [0.2, 0.25) is 0 Å². The number of nitrogens with zero attached hydrogens (tertiary/aromatic N) is 4. The SMILES string of the molecule is CNC(=O)c1ccc2c(C)c(-c3nn(C)c4ncnc(NC)c34)[nH]c2c1. The Morgan fingerprint density at radius 1 is 1.23 bits per heavy atom. The number of anilines is 1. The molecule has 0 aliphatic carbocycles. The average molecular weight is 349 g/mol. The Kier molecular flexibility index (Phi) is 3.61. The summed E-state index contributed by atoms with van der Waals surface area (Å²) < 4.78 is 1.74. The molecule has 0 unspecified atom stereocenters. The molecular formula is C18H19N7O. The highest BCUT2D eigenvalue weighted by Gasteiger charge is 2.20. The van der Waals surface area contributed by atoms with E-state index in [2.05, 4.69) is 30.7 Å². The highest BCUT2D eigenvalue weighted by Crippen LogP contribution is 2.35. The molecular weight excluding hydrogens is 330 g/mol. The molecule has 1 aromatic carbocycles. The second-order valence-corrected chi connectivity index (χ2v) is 6.11. The van der Waals surface area contributed by atoms with Gasteiger partial charge in [-0.25, -0.2) is 14.6 Å². The van der Waals surface area contributed by atoms with Gasteiger partial charge in [-0.15, -0.1) is 0 Å². The molecule has 3 aromatic heterocycles. The van der Waals surface area contributed by atoms with Gasteiger partial charge in [-0.1, -0.05) is 6.07 Å². The maximum absolute atomic E-state index is 11.9. The predicted molar refractivity (Wildman–Crippen MR) is 101 cm³/mol. The van der Waals surface area contributed by atoms with Gasteiger partial charge in [0.25, 0.3) is 5.91 Å². The molecule has 0 bridgehead atoms. The first-order valence-corrected chi connectivity index (χ1v) is 8.25. The summed E-state index contributed by atoms with van der Waals surface area (Å²) in [6, 6.07) is 5.63. The molecule has 4 rings (SSSR count). The van der Waals surface area contributed by atoms with E-state index in [-0.39, 0.29) is 5.91 Å². The Labute approximate surface area is 149 Å². The summed E-state index contributed by atoms with van der Waals surface area (Å²) in [5, 5.41) is 12.3. The lowest BCUT2D eigenvalue weighted by Crippen LogP contribution is -2.17. The van der Waals surface area contributed by atoms with E-state index in [0.29, 0.717) is 5.56 Å². The zero-order valence-corrected chi connectivity index (χ0v) is 15.0. The number of H-pyrrole nitrogens is 1. The third-order valence-electron chi connectivity index (χ3n) is 4.64. The first-order valence-electron chi connectivity index (χ1n) is 8.25. The van der Waals surface area contributed by atoms with Crippen LogP contribution in [0.15, 0.2) is 24.5 Å². The number of fused-ring (bicyclic) bond motifs is 2. The minimum Gasteiger partial charge on any atom is -0.372 e. The fraction of sp³-hybridized carbons (Fsp3) is 0.222. The molecule has 1 amide bonds. The van der Waals surface area contributed by atoms with Crippen LogP contribution in [0.25, 0.3) is 33.3 Å². The van der Waals surface area contributed by atoms with Crippen LogP contribution in [0.1, 0.15) is 15.9 Å². The molecule has 8 nitrogen and oxygen atoms in total. The Balaban J connectivity index is 1.99. The number of rotatable bonds is 3. The zero-order valence-electron chi connectivity index (χ0n) is 15.0. The molecule has 0 atom stereocenters. The van der Waals surface area contributed by atoms with Crippen LogP contribution < -0.4 is 10.6 Å². The van der Waals surface area contributed by atoms with Crippen LogP contribution in [0, 0.1) is 6.92 Å². The Morgan fingerprint density at radius 3 is 2.77 bits per heavy atom. The number of aryl methyl sites for hydroxylation is 2. The number of aromatic amines is 1. The van der Waals surface area contributed by atoms with Crippen molar-refractivity contribution in [3.63, 3.8) is 0 Å². The summed E-state index contributed by atoms with van der Waals surface area (Å²) in [6.07, 6.45) is 1.52. The molecule has 3 N–H and O–H groups in total. The minimum absolute atomic E-state index is 0.116. The Hall–Kier alpha value is -3.42. The van der Waals surface area contributed by atoms with Crippen molar-refractivity contribution in [2.24, 2.45) is 7.05 Å². The summed E-state index contributed by atoms with van der Waals surface area (Å²) in [4.78, 5) is 24.0. The number of nitrogens with one attached hydrogen (secondary N) is 3. The highest BCUT2D eigenvalue weighted by molar-refractivity contribution is 6.03. The van der Waals surface area contributed by atoms with E-state index in [0.717, 1.165) is 44.7 Å². The summed E-state index contributed by atoms with van der Waals surface area (Å²) in [5.74, 6) is 0.608. The molecule has 0 aliphatic heterocycles. The number of amides is 1. The maximum Gasteiger partial charge on any atom is 0.251 e. The minimum atomic E-state index is -0.116. The van der Waals surface area contributed by atoms with Crippen molar-refractivity contribution >= 4 is 33.7 Å². The van der Waals surface area contributed by atoms with E-state index in [4.69, 9.17) is 0 Å². The number of carbonyl (C=O) groups excluding carboxylic acids is 1. The number of benzene rings is 1. The van der Waals surface area contributed by atoms with Crippen molar-refractivity contribution < 1.29 is 4.79 Å². The van der Waals surface area contributed by atoms with Gasteiger partial charge in [0.15, 0.2) is 5.65 Å². The zero-order chi connectivity index (χ0) is 18.4. The second-order valence-electron chi connectivity index (χ2n) is 6.11. The van der Waals surface area contributed by atoms with Gasteiger partial charge in [0.2, 0.25) is 0 Å². The standard InChI is InChI=1S/C18H19N7O/c1-9-11-6-5-10(18(26)20-3)7-12(11)23-14(9)15-13-16(19-2)21-8-22-17(13)25(4)24-15/h5-8,23H,1-4H3,(H,20,26)(H,19,21,22). The van der Waals surface area contributed by atoms with E-state index < -0.39 is 0 Å². The average Bonchev–Trinajstić information content (AvgIpc) is 3.18. The van der Waals surface area contributed by atoms with E-state index in [9.17, 15) is 4.79 Å². The molecule has 3 heterocycles. The van der Waals surface area contributed by atoms with Crippen LogP contribution in [0.3, 0.4) is 0 Å². The number of carbonyl (C=O) groups is 1. The quantitative estimate of drug-likeness (QED) is 0.526. The third-order valence-corrected chi connectivity index (χ3v) is 4.64. The molecule has 8 heteroatoms. The van der Waals surface area contributed by atoms with Crippen molar-refractivity contribution in [3.05, 3.63) is 35.7 Å². The summed E-state index contributed by atoms with van der Waals surface area (Å²) in [7, 11) is 5.31. The van der Waals surface area contributed by atoms with Crippen LogP contribution in [-0.2, 0) is 7.05 Å². The van der Waals surface area contributed by atoms with Crippen LogP contribution in [-0.4, -0.2) is 44.7 Å². The molecule has 26 heavy (non-hydrogen) atoms. The molecule has 0 saturated heterocycles. The fourth-order valence-corrected chi connectivity index (χ4v) is 3.31. The first kappa shape index (κ1) is 16.1. The Morgan fingerprint density at radius 2 is 2.04 bits per heavy atom. The molecule has 132 valence electrons. The van der Waals surface area contributed by atoms with Crippen LogP contribution >= 0.6 is 0 Å². The Bertz CT molecular complexity index is 1160. The third kappa shape index (κ3) is 2.22.